The molecule has 0 aliphatic carbocycles. The predicted molar refractivity (Wildman–Crippen MR) is 131 cm³/mol. The Kier molecular flexibility index (Phi) is 11.6. The fraction of sp³-hybridized carbons (Fsp3) is 0.583. The van der Waals surface area contributed by atoms with Gasteiger partial charge in [-0.05, 0) is 12.5 Å². The molecule has 1 aromatic rings. The number of amides is 4. The fourth-order valence-electron chi connectivity index (χ4n) is 3.92. The van der Waals surface area contributed by atoms with Gasteiger partial charge in [-0.15, -0.1) is 0 Å². The molecule has 0 unspecified atom stereocenters. The summed E-state index contributed by atoms with van der Waals surface area (Å²) in [7, 11) is 1.28. The maximum atomic E-state index is 13.3. The number of benzene rings is 1. The van der Waals surface area contributed by atoms with E-state index in [1.54, 1.807) is 30.3 Å². The highest BCUT2D eigenvalue weighted by molar-refractivity contribution is 5.93. The molecule has 1 heterocycles. The summed E-state index contributed by atoms with van der Waals surface area (Å²) in [6, 6.07) is 5.20. The highest BCUT2D eigenvalue weighted by atomic mass is 16.7. The summed E-state index contributed by atoms with van der Waals surface area (Å²) in [5.41, 5.74) is 6.22. The topological polar surface area (TPSA) is 221 Å². The van der Waals surface area contributed by atoms with Crippen LogP contribution in [0, 0.1) is 0 Å². The van der Waals surface area contributed by atoms with Crippen molar-refractivity contribution in [2.45, 2.75) is 69.1 Å². The molecular formula is C24H36N4O10. The number of hydrogen-bond acceptors (Lipinski definition) is 10. The lowest BCUT2D eigenvalue weighted by Gasteiger charge is -2.40. The van der Waals surface area contributed by atoms with Gasteiger partial charge in [0.2, 0.25) is 23.6 Å². The number of nitrogens with two attached hydrogens (primary N) is 1. The van der Waals surface area contributed by atoms with Crippen molar-refractivity contribution in [3.63, 3.8) is 0 Å². The van der Waals surface area contributed by atoms with Crippen molar-refractivity contribution in [1.29, 1.82) is 0 Å². The number of nitrogens with one attached hydrogen (secondary N) is 2. The highest BCUT2D eigenvalue weighted by Crippen LogP contribution is 2.22. The number of aliphatic hydroxyl groups excluding tert-OH is 4. The molecular weight excluding hydrogens is 504 g/mol. The number of likely N-dealkylation sites (N-methyl/N-ethyl adjacent to an activating group) is 1. The van der Waals surface area contributed by atoms with Crippen LogP contribution in [0.1, 0.15) is 19.4 Å². The Bertz CT molecular complexity index is 963. The Morgan fingerprint density at radius 2 is 1.71 bits per heavy atom. The summed E-state index contributed by atoms with van der Waals surface area (Å²) >= 11 is 0. The first-order valence-corrected chi connectivity index (χ1v) is 12.0. The van der Waals surface area contributed by atoms with Crippen LogP contribution < -0.4 is 16.4 Å². The molecule has 1 aliphatic rings. The smallest absolute Gasteiger partial charge is 0.245 e. The van der Waals surface area contributed by atoms with Gasteiger partial charge >= 0.3 is 0 Å². The van der Waals surface area contributed by atoms with Gasteiger partial charge in [0.05, 0.1) is 13.2 Å². The Morgan fingerprint density at radius 1 is 1.08 bits per heavy atom. The van der Waals surface area contributed by atoms with Gasteiger partial charge in [-0.25, -0.2) is 0 Å². The minimum absolute atomic E-state index is 0.0716. The maximum Gasteiger partial charge on any atom is 0.245 e. The SMILES string of the molecule is CC(=O)N[C@H](C)C(=O)N(C)[C@@H](CO[C@@H]1O[C@H](CO)[C@@H](O)[C@H](O)[C@H]1O)C(=O)N[C@@H](Cc1ccccc1)C(N)=O. The molecule has 8 N–H and O–H groups in total. The van der Waals surface area contributed by atoms with Gasteiger partial charge in [0.1, 0.15) is 42.5 Å². The number of ether oxygens (including phenoxy) is 2. The molecule has 0 saturated carbocycles. The molecule has 0 bridgehead atoms. The van der Waals surface area contributed by atoms with Gasteiger partial charge in [-0.1, -0.05) is 30.3 Å². The molecule has 14 heteroatoms. The van der Waals surface area contributed by atoms with E-state index in [-0.39, 0.29) is 6.42 Å². The lowest BCUT2D eigenvalue weighted by atomic mass is 9.99. The second kappa shape index (κ2) is 14.1. The summed E-state index contributed by atoms with van der Waals surface area (Å²) in [6.07, 6.45) is -7.84. The average Bonchev–Trinajstić information content (AvgIpc) is 2.87. The van der Waals surface area contributed by atoms with E-state index >= 15 is 0 Å². The molecule has 0 spiro atoms. The number of nitrogens with zero attached hydrogens (tertiary/aromatic N) is 1. The fourth-order valence-corrected chi connectivity index (χ4v) is 3.92. The molecule has 0 radical (unpaired) electrons. The van der Waals surface area contributed by atoms with E-state index in [0.717, 1.165) is 10.5 Å². The lowest BCUT2D eigenvalue weighted by Crippen LogP contribution is -2.61. The van der Waals surface area contributed by atoms with Crippen LogP contribution in [0.15, 0.2) is 30.3 Å². The van der Waals surface area contributed by atoms with E-state index in [2.05, 4.69) is 10.6 Å². The largest absolute Gasteiger partial charge is 0.394 e. The maximum absolute atomic E-state index is 13.3. The quantitative estimate of drug-likeness (QED) is 0.138. The molecule has 38 heavy (non-hydrogen) atoms. The monoisotopic (exact) mass is 540 g/mol. The van der Waals surface area contributed by atoms with Crippen molar-refractivity contribution >= 4 is 23.6 Å². The Labute approximate surface area is 219 Å². The van der Waals surface area contributed by atoms with Crippen molar-refractivity contribution in [3.8, 4) is 0 Å². The first-order valence-electron chi connectivity index (χ1n) is 12.0. The molecule has 212 valence electrons. The zero-order valence-corrected chi connectivity index (χ0v) is 21.4. The third kappa shape index (κ3) is 8.18. The zero-order valence-electron chi connectivity index (χ0n) is 21.4. The first kappa shape index (κ1) is 31.1. The summed E-state index contributed by atoms with van der Waals surface area (Å²) in [5.74, 6) is -2.80. The van der Waals surface area contributed by atoms with Crippen molar-refractivity contribution in [1.82, 2.24) is 15.5 Å². The van der Waals surface area contributed by atoms with Crippen molar-refractivity contribution in [2.75, 3.05) is 20.3 Å². The molecule has 4 amide bonds. The van der Waals surface area contributed by atoms with Gasteiger partial charge in [-0.2, -0.15) is 0 Å². The zero-order chi connectivity index (χ0) is 28.6. The van der Waals surface area contributed by atoms with Crippen LogP contribution in [0.25, 0.3) is 0 Å². The number of aliphatic hydroxyl groups is 4. The number of hydrogen-bond donors (Lipinski definition) is 7. The van der Waals surface area contributed by atoms with Crippen molar-refractivity contribution < 1.29 is 49.1 Å². The highest BCUT2D eigenvalue weighted by Gasteiger charge is 2.45. The van der Waals surface area contributed by atoms with E-state index in [4.69, 9.17) is 15.2 Å². The van der Waals surface area contributed by atoms with Crippen LogP contribution in [0.2, 0.25) is 0 Å². The number of rotatable bonds is 12. The average molecular weight is 541 g/mol. The molecule has 1 aliphatic heterocycles. The minimum Gasteiger partial charge on any atom is -0.394 e. The Morgan fingerprint density at radius 3 is 2.26 bits per heavy atom. The third-order valence-corrected chi connectivity index (χ3v) is 6.12. The Balaban J connectivity index is 2.24. The summed E-state index contributed by atoms with van der Waals surface area (Å²) in [5, 5.41) is 44.5. The van der Waals surface area contributed by atoms with E-state index in [1.165, 1.54) is 20.9 Å². The molecule has 2 rings (SSSR count). The van der Waals surface area contributed by atoms with Crippen LogP contribution in [0.4, 0.5) is 0 Å². The molecule has 1 aromatic carbocycles. The summed E-state index contributed by atoms with van der Waals surface area (Å²) in [6.45, 7) is 1.34. The van der Waals surface area contributed by atoms with E-state index < -0.39 is 85.7 Å². The number of primary amides is 1. The van der Waals surface area contributed by atoms with Crippen LogP contribution in [-0.2, 0) is 35.1 Å². The van der Waals surface area contributed by atoms with Crippen molar-refractivity contribution in [3.05, 3.63) is 35.9 Å². The van der Waals surface area contributed by atoms with Crippen LogP contribution >= 0.6 is 0 Å². The van der Waals surface area contributed by atoms with E-state index in [9.17, 15) is 39.6 Å². The van der Waals surface area contributed by atoms with Gasteiger partial charge < -0.3 is 51.2 Å². The molecule has 14 nitrogen and oxygen atoms in total. The Hall–Kier alpha value is -3.14. The summed E-state index contributed by atoms with van der Waals surface area (Å²) in [4.78, 5) is 50.8. The van der Waals surface area contributed by atoms with Gasteiger partial charge in [0.25, 0.3) is 0 Å². The third-order valence-electron chi connectivity index (χ3n) is 6.12. The first-order chi connectivity index (χ1) is 17.9. The predicted octanol–water partition coefficient (Wildman–Crippen LogP) is -3.63. The second-order valence-electron chi connectivity index (χ2n) is 9.07. The van der Waals surface area contributed by atoms with Crippen molar-refractivity contribution in [2.24, 2.45) is 5.73 Å². The summed E-state index contributed by atoms with van der Waals surface area (Å²) < 4.78 is 10.8. The van der Waals surface area contributed by atoms with E-state index in [1.807, 2.05) is 0 Å². The number of carbonyl (C=O) groups is 4. The van der Waals surface area contributed by atoms with Crippen LogP contribution in [-0.4, -0.2) is 118 Å². The lowest BCUT2D eigenvalue weighted by molar-refractivity contribution is -0.302. The van der Waals surface area contributed by atoms with Gasteiger partial charge in [-0.3, -0.25) is 19.2 Å². The van der Waals surface area contributed by atoms with Gasteiger partial charge in [0.15, 0.2) is 6.29 Å². The standard InChI is InChI=1S/C24H36N4O10/c1-12(26-13(2)30)23(36)28(3)16(11-37-24-20(33)19(32)18(31)17(10-29)38-24)22(35)27-15(21(25)34)9-14-7-5-4-6-8-14/h4-8,12,15-20,24,29,31-33H,9-11H2,1-3H3,(H2,25,34)(H,26,30)(H,27,35)/t12-,15+,16+,17-,18-,19+,20-,24-/m1/s1. The van der Waals surface area contributed by atoms with Gasteiger partial charge in [0, 0.05) is 20.4 Å². The molecule has 8 atom stereocenters. The minimum atomic E-state index is -1.74. The van der Waals surface area contributed by atoms with E-state index in [0.29, 0.717) is 0 Å². The van der Waals surface area contributed by atoms with Crippen LogP contribution in [0.5, 0.6) is 0 Å². The molecule has 1 saturated heterocycles. The van der Waals surface area contributed by atoms with Crippen LogP contribution in [0.3, 0.4) is 0 Å². The molecule has 1 fully saturated rings. The normalized spacial score (nSPS) is 25.5. The number of carbonyl (C=O) groups excluding carboxylic acids is 4. The second-order valence-corrected chi connectivity index (χ2v) is 9.07. The molecule has 0 aromatic heterocycles.